The maximum Gasteiger partial charge on any atom is 0.339 e. The molecule has 0 amide bonds. The van der Waals surface area contributed by atoms with Crippen LogP contribution in [0.1, 0.15) is 41.0 Å². The van der Waals surface area contributed by atoms with Crippen molar-refractivity contribution in [2.75, 3.05) is 33.2 Å². The highest BCUT2D eigenvalue weighted by Crippen LogP contribution is 2.27. The molecule has 1 aliphatic heterocycles. The van der Waals surface area contributed by atoms with Crippen molar-refractivity contribution < 1.29 is 28.5 Å². The van der Waals surface area contributed by atoms with E-state index in [4.69, 9.17) is 18.9 Å². The molecular formula is C17H22O6. The van der Waals surface area contributed by atoms with Crippen molar-refractivity contribution in [3.8, 4) is 0 Å². The molecule has 126 valence electrons. The Morgan fingerprint density at radius 3 is 2.13 bits per heavy atom. The maximum atomic E-state index is 12.4. The molecule has 0 aliphatic carbocycles. The quantitative estimate of drug-likeness (QED) is 0.749. The van der Waals surface area contributed by atoms with Crippen molar-refractivity contribution in [1.29, 1.82) is 0 Å². The van der Waals surface area contributed by atoms with Gasteiger partial charge in [-0.05, 0) is 25.5 Å². The van der Waals surface area contributed by atoms with E-state index in [0.717, 1.165) is 6.42 Å². The van der Waals surface area contributed by atoms with Crippen molar-refractivity contribution in [1.82, 2.24) is 0 Å². The number of hydrogen-bond acceptors (Lipinski definition) is 6. The summed E-state index contributed by atoms with van der Waals surface area (Å²) in [5.41, 5.74) is 0.0724. The van der Waals surface area contributed by atoms with Gasteiger partial charge in [0.15, 0.2) is 0 Å². The van der Waals surface area contributed by atoms with Gasteiger partial charge in [-0.3, -0.25) is 0 Å². The van der Waals surface area contributed by atoms with E-state index in [-0.39, 0.29) is 36.5 Å². The van der Waals surface area contributed by atoms with Crippen molar-refractivity contribution in [2.24, 2.45) is 5.41 Å². The third-order valence-corrected chi connectivity index (χ3v) is 3.88. The predicted octanol–water partition coefficient (Wildman–Crippen LogP) is 2.42. The van der Waals surface area contributed by atoms with Gasteiger partial charge in [0.05, 0.1) is 36.4 Å². The van der Waals surface area contributed by atoms with Gasteiger partial charge in [0, 0.05) is 0 Å². The minimum absolute atomic E-state index is 0.180. The van der Waals surface area contributed by atoms with Gasteiger partial charge in [-0.25, -0.2) is 9.59 Å². The molecule has 23 heavy (non-hydrogen) atoms. The summed E-state index contributed by atoms with van der Waals surface area (Å²) in [4.78, 5) is 24.3. The number of esters is 2. The molecule has 6 nitrogen and oxygen atoms in total. The molecule has 1 heterocycles. The van der Waals surface area contributed by atoms with E-state index in [1.165, 1.54) is 0 Å². The molecule has 0 atom stereocenters. The molecule has 0 bridgehead atoms. The molecule has 6 heteroatoms. The highest BCUT2D eigenvalue weighted by molar-refractivity contribution is 6.03. The maximum absolute atomic E-state index is 12.4. The van der Waals surface area contributed by atoms with Crippen LogP contribution in [0.15, 0.2) is 24.3 Å². The molecule has 0 radical (unpaired) electrons. The van der Waals surface area contributed by atoms with E-state index in [1.807, 2.05) is 6.92 Å². The van der Waals surface area contributed by atoms with Gasteiger partial charge in [-0.15, -0.1) is 0 Å². The largest absolute Gasteiger partial charge is 0.462 e. The Balaban J connectivity index is 2.07. The third kappa shape index (κ3) is 4.30. The highest BCUT2D eigenvalue weighted by Gasteiger charge is 2.34. The Hall–Kier alpha value is -1.92. The van der Waals surface area contributed by atoms with E-state index in [1.54, 1.807) is 31.2 Å². The van der Waals surface area contributed by atoms with E-state index in [2.05, 4.69) is 0 Å². The van der Waals surface area contributed by atoms with Gasteiger partial charge in [-0.1, -0.05) is 19.1 Å². The molecule has 0 spiro atoms. The first-order valence-electron chi connectivity index (χ1n) is 7.70. The zero-order valence-corrected chi connectivity index (χ0v) is 13.5. The summed E-state index contributed by atoms with van der Waals surface area (Å²) in [6.07, 6.45) is 0.764. The standard InChI is InChI=1S/C17H22O6/c1-3-17(9-20-12-21-10-17)11-23-16(19)14-8-6-5-7-13(14)15(18)22-4-2/h5-8H,3-4,9-12H2,1-2H3. The molecular weight excluding hydrogens is 300 g/mol. The van der Waals surface area contributed by atoms with Crippen molar-refractivity contribution in [3.63, 3.8) is 0 Å². The summed E-state index contributed by atoms with van der Waals surface area (Å²) in [5.74, 6) is -1.08. The van der Waals surface area contributed by atoms with Crippen LogP contribution in [0.4, 0.5) is 0 Å². The number of hydrogen-bond donors (Lipinski definition) is 0. The SMILES string of the molecule is CCOC(=O)c1ccccc1C(=O)OCC1(CC)COCOC1. The van der Waals surface area contributed by atoms with Crippen LogP contribution < -0.4 is 0 Å². The molecule has 0 N–H and O–H groups in total. The lowest BCUT2D eigenvalue weighted by Gasteiger charge is -2.35. The lowest BCUT2D eigenvalue weighted by Crippen LogP contribution is -2.41. The van der Waals surface area contributed by atoms with Crippen LogP contribution in [0.2, 0.25) is 0 Å². The molecule has 0 aromatic heterocycles. The van der Waals surface area contributed by atoms with Gasteiger partial charge in [0.2, 0.25) is 0 Å². The van der Waals surface area contributed by atoms with Gasteiger partial charge in [-0.2, -0.15) is 0 Å². The Kier molecular flexibility index (Phi) is 6.12. The first kappa shape index (κ1) is 17.4. The average Bonchev–Trinajstić information content (AvgIpc) is 2.60. The third-order valence-electron chi connectivity index (χ3n) is 3.88. The zero-order valence-electron chi connectivity index (χ0n) is 13.5. The van der Waals surface area contributed by atoms with Crippen LogP contribution in [-0.4, -0.2) is 45.2 Å². The minimum Gasteiger partial charge on any atom is -0.462 e. The lowest BCUT2D eigenvalue weighted by molar-refractivity contribution is -0.177. The Bertz CT molecular complexity index is 548. The van der Waals surface area contributed by atoms with E-state index in [0.29, 0.717) is 13.2 Å². The number of carbonyl (C=O) groups excluding carboxylic acids is 2. The number of ether oxygens (including phenoxy) is 4. The van der Waals surface area contributed by atoms with E-state index >= 15 is 0 Å². The number of rotatable bonds is 6. The van der Waals surface area contributed by atoms with Crippen LogP contribution in [0.3, 0.4) is 0 Å². The molecule has 0 saturated carbocycles. The topological polar surface area (TPSA) is 71.1 Å². The summed E-state index contributed by atoms with van der Waals surface area (Å²) in [6, 6.07) is 6.47. The van der Waals surface area contributed by atoms with Crippen molar-refractivity contribution in [3.05, 3.63) is 35.4 Å². The monoisotopic (exact) mass is 322 g/mol. The normalized spacial score (nSPS) is 16.6. The molecule has 1 fully saturated rings. The fourth-order valence-electron chi connectivity index (χ4n) is 2.35. The first-order chi connectivity index (χ1) is 11.1. The van der Waals surface area contributed by atoms with Crippen LogP contribution in [0.5, 0.6) is 0 Å². The molecule has 1 aliphatic rings. The molecule has 1 aromatic carbocycles. The molecule has 0 unspecified atom stereocenters. The minimum atomic E-state index is -0.549. The Labute approximate surface area is 135 Å². The van der Waals surface area contributed by atoms with Crippen LogP contribution in [0.25, 0.3) is 0 Å². The highest BCUT2D eigenvalue weighted by atomic mass is 16.7. The lowest BCUT2D eigenvalue weighted by atomic mass is 9.87. The van der Waals surface area contributed by atoms with Crippen LogP contribution in [-0.2, 0) is 18.9 Å². The first-order valence-corrected chi connectivity index (χ1v) is 7.70. The van der Waals surface area contributed by atoms with E-state index < -0.39 is 11.9 Å². The summed E-state index contributed by atoms with van der Waals surface area (Å²) >= 11 is 0. The Morgan fingerprint density at radius 1 is 1.04 bits per heavy atom. The molecule has 2 rings (SSSR count). The van der Waals surface area contributed by atoms with Crippen molar-refractivity contribution in [2.45, 2.75) is 20.3 Å². The van der Waals surface area contributed by atoms with Crippen LogP contribution >= 0.6 is 0 Å². The summed E-state index contributed by atoms with van der Waals surface area (Å²) in [5, 5.41) is 0. The fraction of sp³-hybridized carbons (Fsp3) is 0.529. The molecule has 1 saturated heterocycles. The number of benzene rings is 1. The second kappa shape index (κ2) is 8.08. The second-order valence-corrected chi connectivity index (χ2v) is 5.51. The van der Waals surface area contributed by atoms with Gasteiger partial charge in [0.1, 0.15) is 13.4 Å². The average molecular weight is 322 g/mol. The second-order valence-electron chi connectivity index (χ2n) is 5.51. The van der Waals surface area contributed by atoms with Crippen LogP contribution in [0, 0.1) is 5.41 Å². The predicted molar refractivity (Wildman–Crippen MR) is 82.2 cm³/mol. The van der Waals surface area contributed by atoms with Gasteiger partial charge < -0.3 is 18.9 Å². The summed E-state index contributed by atoms with van der Waals surface area (Å²) < 4.78 is 21.0. The number of carbonyl (C=O) groups is 2. The van der Waals surface area contributed by atoms with Gasteiger partial charge in [0.25, 0.3) is 0 Å². The Morgan fingerprint density at radius 2 is 1.61 bits per heavy atom. The molecule has 1 aromatic rings. The fourth-order valence-corrected chi connectivity index (χ4v) is 2.35. The zero-order chi connectivity index (χ0) is 16.7. The summed E-state index contributed by atoms with van der Waals surface area (Å²) in [7, 11) is 0. The van der Waals surface area contributed by atoms with E-state index in [9.17, 15) is 9.59 Å². The summed E-state index contributed by atoms with van der Waals surface area (Å²) in [6.45, 7) is 5.37. The smallest absolute Gasteiger partial charge is 0.339 e. The van der Waals surface area contributed by atoms with Gasteiger partial charge >= 0.3 is 11.9 Å². The van der Waals surface area contributed by atoms with Crippen molar-refractivity contribution >= 4 is 11.9 Å².